The van der Waals surface area contributed by atoms with Gasteiger partial charge in [0.1, 0.15) is 7.05 Å². The molecule has 1 atom stereocenters. The van der Waals surface area contributed by atoms with Crippen LogP contribution < -0.4 is 4.90 Å². The molecule has 1 unspecified atom stereocenters. The van der Waals surface area contributed by atoms with Crippen molar-refractivity contribution < 1.29 is 4.58 Å². The molecule has 3 aliphatic rings. The summed E-state index contributed by atoms with van der Waals surface area (Å²) < 4.78 is 2.45. The van der Waals surface area contributed by atoms with Crippen molar-refractivity contribution in [2.45, 2.75) is 56.3 Å². The van der Waals surface area contributed by atoms with E-state index >= 15 is 0 Å². The molecule has 8 rings (SSSR count). The molecule has 0 aromatic heterocycles. The molecular weight excluding hydrogens is 605 g/mol. The molecule has 1 fully saturated rings. The maximum Gasteiger partial charge on any atom is 0.210 e. The van der Waals surface area contributed by atoms with E-state index < -0.39 is 0 Å². The first kappa shape index (κ1) is 32.0. The number of fused-ring (bicyclic) bond motifs is 7. The highest BCUT2D eigenvalue weighted by atomic mass is 15.2. The van der Waals surface area contributed by atoms with Gasteiger partial charge in [-0.3, -0.25) is 0 Å². The molecule has 5 aromatic carbocycles. The van der Waals surface area contributed by atoms with Crippen molar-refractivity contribution in [1.29, 1.82) is 0 Å². The molecule has 1 saturated carbocycles. The second-order valence-electron chi connectivity index (χ2n) is 14.6. The summed E-state index contributed by atoms with van der Waals surface area (Å²) in [4.78, 5) is 2.39. The summed E-state index contributed by atoms with van der Waals surface area (Å²) in [5, 5.41) is 5.41. The maximum atomic E-state index is 2.45. The fourth-order valence-electron chi connectivity index (χ4n) is 9.39. The third-order valence-electron chi connectivity index (χ3n) is 11.6. The first-order valence-electron chi connectivity index (χ1n) is 18.3. The van der Waals surface area contributed by atoms with E-state index in [4.69, 9.17) is 0 Å². The zero-order valence-electron chi connectivity index (χ0n) is 29.6. The second kappa shape index (κ2) is 13.2. The van der Waals surface area contributed by atoms with E-state index in [9.17, 15) is 0 Å². The largest absolute Gasteiger partial charge is 0.347 e. The molecule has 5 aromatic rings. The molecule has 0 amide bonds. The number of anilines is 1. The van der Waals surface area contributed by atoms with E-state index in [0.29, 0.717) is 0 Å². The smallest absolute Gasteiger partial charge is 0.210 e. The highest BCUT2D eigenvalue weighted by Crippen LogP contribution is 2.53. The molecule has 2 heterocycles. The molecule has 2 heteroatoms. The van der Waals surface area contributed by atoms with Crippen LogP contribution in [0.5, 0.6) is 0 Å². The summed E-state index contributed by atoms with van der Waals surface area (Å²) in [7, 11) is 4.47. The minimum absolute atomic E-state index is 0.105. The summed E-state index contributed by atoms with van der Waals surface area (Å²) in [6, 6.07) is 37.9. The molecule has 0 saturated heterocycles. The van der Waals surface area contributed by atoms with Crippen molar-refractivity contribution in [3.05, 3.63) is 180 Å². The van der Waals surface area contributed by atoms with Gasteiger partial charge in [0.2, 0.25) is 5.69 Å². The highest BCUT2D eigenvalue weighted by molar-refractivity contribution is 6.08. The van der Waals surface area contributed by atoms with Crippen molar-refractivity contribution in [2.24, 2.45) is 0 Å². The molecule has 0 radical (unpaired) electrons. The van der Waals surface area contributed by atoms with E-state index in [1.165, 1.54) is 87.6 Å². The zero-order valence-corrected chi connectivity index (χ0v) is 29.6. The number of hydrogen-bond acceptors (Lipinski definition) is 1. The highest BCUT2D eigenvalue weighted by Gasteiger charge is 2.51. The van der Waals surface area contributed by atoms with Crippen molar-refractivity contribution >= 4 is 38.6 Å². The van der Waals surface area contributed by atoms with E-state index in [1.54, 1.807) is 5.56 Å². The van der Waals surface area contributed by atoms with Gasteiger partial charge in [-0.2, -0.15) is 4.58 Å². The Labute approximate surface area is 297 Å². The lowest BCUT2D eigenvalue weighted by atomic mass is 9.66. The third-order valence-corrected chi connectivity index (χ3v) is 11.6. The Bertz CT molecular complexity index is 2250. The predicted octanol–water partition coefficient (Wildman–Crippen LogP) is 11.7. The second-order valence-corrected chi connectivity index (χ2v) is 14.6. The lowest BCUT2D eigenvalue weighted by Gasteiger charge is -2.32. The van der Waals surface area contributed by atoms with Gasteiger partial charge in [-0.05, 0) is 77.1 Å². The standard InChI is InChI=1S/C48H47N2/c1-47(35-36-21-11-9-12-22-36)43(49(2)41-31-29-37-23-15-17-25-39(37)45(41)47)27-13-7-5-4-6-8-14-28-44-48(33-19-10-20-34-48)46-40-26-18-16-24-38(40)30-32-42(46)50(44)3/h4-9,11-18,21-32H,10,19-20,33-35H2,1-3H3/q+1. The number of rotatable bonds is 7. The van der Waals surface area contributed by atoms with Gasteiger partial charge >= 0.3 is 0 Å². The lowest BCUT2D eigenvalue weighted by Crippen LogP contribution is -2.36. The summed E-state index contributed by atoms with van der Waals surface area (Å²) >= 11 is 0. The molecule has 0 N–H and O–H groups in total. The van der Waals surface area contributed by atoms with Gasteiger partial charge in [0, 0.05) is 41.6 Å². The van der Waals surface area contributed by atoms with Crippen LogP contribution >= 0.6 is 0 Å². The van der Waals surface area contributed by atoms with E-state index in [0.717, 1.165) is 6.42 Å². The monoisotopic (exact) mass is 651 g/mol. The molecule has 1 aliphatic carbocycles. The van der Waals surface area contributed by atoms with Gasteiger partial charge in [-0.1, -0.05) is 147 Å². The van der Waals surface area contributed by atoms with Crippen LogP contribution in [0.2, 0.25) is 0 Å². The Kier molecular flexibility index (Phi) is 8.49. The van der Waals surface area contributed by atoms with Crippen LogP contribution in [-0.2, 0) is 17.3 Å². The van der Waals surface area contributed by atoms with Crippen molar-refractivity contribution in [3.8, 4) is 0 Å². The molecular formula is C48H47N2+. The summed E-state index contributed by atoms with van der Waals surface area (Å²) in [5.74, 6) is 0. The van der Waals surface area contributed by atoms with Gasteiger partial charge in [-0.15, -0.1) is 0 Å². The minimum Gasteiger partial charge on any atom is -0.347 e. The van der Waals surface area contributed by atoms with Crippen molar-refractivity contribution in [1.82, 2.24) is 0 Å². The molecule has 2 aliphatic heterocycles. The first-order valence-corrected chi connectivity index (χ1v) is 18.3. The van der Waals surface area contributed by atoms with E-state index in [1.807, 2.05) is 0 Å². The Morgan fingerprint density at radius 1 is 0.640 bits per heavy atom. The van der Waals surface area contributed by atoms with Crippen molar-refractivity contribution in [2.75, 3.05) is 19.0 Å². The number of allylic oxidation sites excluding steroid dienone is 10. The van der Waals surface area contributed by atoms with Crippen molar-refractivity contribution in [3.63, 3.8) is 0 Å². The maximum absolute atomic E-state index is 2.45. The van der Waals surface area contributed by atoms with Crippen LogP contribution in [0.3, 0.4) is 0 Å². The summed E-state index contributed by atoms with van der Waals surface area (Å²) in [6.07, 6.45) is 27.1. The topological polar surface area (TPSA) is 6.25 Å². The number of likely N-dealkylation sites (N-methyl/N-ethyl adjacent to an activating group) is 1. The third kappa shape index (κ3) is 5.39. The van der Waals surface area contributed by atoms with Gasteiger partial charge in [0.15, 0.2) is 5.71 Å². The lowest BCUT2D eigenvalue weighted by molar-refractivity contribution is -0.401. The average Bonchev–Trinajstić information content (AvgIpc) is 3.50. The molecule has 2 nitrogen and oxygen atoms in total. The Morgan fingerprint density at radius 2 is 1.24 bits per heavy atom. The normalized spacial score (nSPS) is 21.0. The Hall–Kier alpha value is -5.21. The number of hydrogen-bond donors (Lipinski definition) is 0. The molecule has 0 bridgehead atoms. The van der Waals surface area contributed by atoms with Gasteiger partial charge < -0.3 is 4.90 Å². The summed E-state index contributed by atoms with van der Waals surface area (Å²) in [5.41, 5.74) is 9.70. The first-order chi connectivity index (χ1) is 24.5. The average molecular weight is 652 g/mol. The number of benzene rings is 5. The van der Waals surface area contributed by atoms with E-state index in [-0.39, 0.29) is 10.8 Å². The minimum atomic E-state index is -0.155. The van der Waals surface area contributed by atoms with Gasteiger partial charge in [0.05, 0.1) is 5.41 Å². The van der Waals surface area contributed by atoms with Gasteiger partial charge in [-0.25, -0.2) is 0 Å². The predicted molar refractivity (Wildman–Crippen MR) is 214 cm³/mol. The zero-order chi connectivity index (χ0) is 34.1. The van der Waals surface area contributed by atoms with Gasteiger partial charge in [0.25, 0.3) is 0 Å². The van der Waals surface area contributed by atoms with Crippen LogP contribution in [0, 0.1) is 0 Å². The van der Waals surface area contributed by atoms with Crippen LogP contribution in [0.25, 0.3) is 21.5 Å². The Morgan fingerprint density at radius 3 is 1.96 bits per heavy atom. The molecule has 50 heavy (non-hydrogen) atoms. The SMILES string of the molecule is CN1C(=CC=CC=CC=CC=CC2=[N+](C)c3ccc4ccccc4c3C23CCCCC3)C(C)(Cc2ccccc2)c2c1ccc1ccccc21. The van der Waals surface area contributed by atoms with Crippen LogP contribution in [0.1, 0.15) is 55.7 Å². The van der Waals surface area contributed by atoms with Crippen LogP contribution in [0.4, 0.5) is 11.4 Å². The Balaban J connectivity index is 1.02. The van der Waals surface area contributed by atoms with Crippen LogP contribution in [-0.4, -0.2) is 24.4 Å². The van der Waals surface area contributed by atoms with E-state index in [2.05, 4.69) is 188 Å². The fourth-order valence-corrected chi connectivity index (χ4v) is 9.39. The molecule has 1 spiro atoms. The fraction of sp³-hybridized carbons (Fsp3) is 0.229. The molecule has 248 valence electrons. The quantitative estimate of drug-likeness (QED) is 0.125. The number of nitrogens with zero attached hydrogens (tertiary/aromatic N) is 2. The van der Waals surface area contributed by atoms with Crippen LogP contribution in [0.15, 0.2) is 164 Å². The summed E-state index contributed by atoms with van der Waals surface area (Å²) in [6.45, 7) is 2.41.